The largest absolute Gasteiger partial charge is 0.358 e. The zero-order valence-corrected chi connectivity index (χ0v) is 8.96. The van der Waals surface area contributed by atoms with Crippen molar-refractivity contribution in [2.75, 3.05) is 6.54 Å². The lowest BCUT2D eigenvalue weighted by molar-refractivity contribution is 0.628. The molecule has 4 heteroatoms. The summed E-state index contributed by atoms with van der Waals surface area (Å²) < 4.78 is 13.0. The van der Waals surface area contributed by atoms with Crippen molar-refractivity contribution < 1.29 is 4.39 Å². The second kappa shape index (κ2) is 3.83. The van der Waals surface area contributed by atoms with E-state index >= 15 is 0 Å². The number of hydrogen-bond acceptors (Lipinski definition) is 1. The molecule has 1 aliphatic heterocycles. The lowest BCUT2D eigenvalue weighted by Crippen LogP contribution is -2.22. The van der Waals surface area contributed by atoms with Crippen LogP contribution in [0.1, 0.15) is 11.3 Å². The highest BCUT2D eigenvalue weighted by molar-refractivity contribution is 5.85. The molecule has 2 N–H and O–H groups in total. The Bertz CT molecular complexity index is 493. The minimum Gasteiger partial charge on any atom is -0.358 e. The minimum absolute atomic E-state index is 0. The van der Waals surface area contributed by atoms with E-state index in [2.05, 4.69) is 10.3 Å². The van der Waals surface area contributed by atoms with Crippen LogP contribution >= 0.6 is 12.4 Å². The molecular formula is C11H12ClFN2. The zero-order valence-electron chi connectivity index (χ0n) is 8.14. The highest BCUT2D eigenvalue weighted by atomic mass is 35.5. The van der Waals surface area contributed by atoms with Crippen LogP contribution in [0, 0.1) is 5.82 Å². The molecule has 2 heterocycles. The Labute approximate surface area is 93.3 Å². The predicted molar refractivity (Wildman–Crippen MR) is 60.9 cm³/mol. The summed E-state index contributed by atoms with van der Waals surface area (Å²) in [5.74, 6) is -0.162. The second-order valence-electron chi connectivity index (χ2n) is 3.70. The number of fused-ring (bicyclic) bond motifs is 3. The maximum atomic E-state index is 13.0. The van der Waals surface area contributed by atoms with Gasteiger partial charge in [0.25, 0.3) is 0 Å². The summed E-state index contributed by atoms with van der Waals surface area (Å²) in [7, 11) is 0. The molecule has 15 heavy (non-hydrogen) atoms. The van der Waals surface area contributed by atoms with E-state index in [0.29, 0.717) is 0 Å². The van der Waals surface area contributed by atoms with E-state index in [1.54, 1.807) is 6.07 Å². The van der Waals surface area contributed by atoms with E-state index in [1.807, 2.05) is 6.07 Å². The van der Waals surface area contributed by atoms with Crippen molar-refractivity contribution in [3.8, 4) is 0 Å². The number of hydrogen-bond donors (Lipinski definition) is 2. The summed E-state index contributed by atoms with van der Waals surface area (Å²) in [5, 5.41) is 4.32. The van der Waals surface area contributed by atoms with Crippen LogP contribution < -0.4 is 5.32 Å². The van der Waals surface area contributed by atoms with Crippen LogP contribution in [-0.2, 0) is 13.0 Å². The van der Waals surface area contributed by atoms with Gasteiger partial charge < -0.3 is 10.3 Å². The van der Waals surface area contributed by atoms with E-state index in [4.69, 9.17) is 0 Å². The average molecular weight is 227 g/mol. The molecule has 0 fully saturated rings. The van der Waals surface area contributed by atoms with Crippen LogP contribution in [0.4, 0.5) is 4.39 Å². The van der Waals surface area contributed by atoms with Crippen molar-refractivity contribution in [1.82, 2.24) is 10.3 Å². The molecule has 80 valence electrons. The van der Waals surface area contributed by atoms with Gasteiger partial charge in [0.1, 0.15) is 5.82 Å². The van der Waals surface area contributed by atoms with Gasteiger partial charge in [0.2, 0.25) is 0 Å². The first-order chi connectivity index (χ1) is 6.84. The van der Waals surface area contributed by atoms with Gasteiger partial charge in [-0.25, -0.2) is 4.39 Å². The van der Waals surface area contributed by atoms with Crippen LogP contribution in [0.3, 0.4) is 0 Å². The van der Waals surface area contributed by atoms with Crippen molar-refractivity contribution >= 4 is 23.3 Å². The molecule has 0 saturated carbocycles. The number of benzene rings is 1. The summed E-state index contributed by atoms with van der Waals surface area (Å²) in [4.78, 5) is 3.34. The Morgan fingerprint density at radius 2 is 2.13 bits per heavy atom. The van der Waals surface area contributed by atoms with Crippen LogP contribution in [0.2, 0.25) is 0 Å². The molecule has 0 bridgehead atoms. The minimum atomic E-state index is -0.162. The fourth-order valence-corrected chi connectivity index (χ4v) is 2.12. The summed E-state index contributed by atoms with van der Waals surface area (Å²) in [6, 6.07) is 4.92. The van der Waals surface area contributed by atoms with E-state index in [1.165, 1.54) is 17.3 Å². The number of rotatable bonds is 0. The summed E-state index contributed by atoms with van der Waals surface area (Å²) in [6.07, 6.45) is 1.01. The molecule has 0 spiro atoms. The number of H-pyrrole nitrogens is 1. The molecule has 1 aromatic heterocycles. The first-order valence-electron chi connectivity index (χ1n) is 4.84. The molecule has 2 nitrogen and oxygen atoms in total. The molecule has 2 aromatic rings. The molecule has 0 atom stereocenters. The van der Waals surface area contributed by atoms with Gasteiger partial charge in [-0.2, -0.15) is 0 Å². The number of aromatic nitrogens is 1. The van der Waals surface area contributed by atoms with E-state index < -0.39 is 0 Å². The maximum absolute atomic E-state index is 13.0. The van der Waals surface area contributed by atoms with Crippen LogP contribution in [0.15, 0.2) is 18.2 Å². The average Bonchev–Trinajstić information content (AvgIpc) is 2.56. The van der Waals surface area contributed by atoms with E-state index in [-0.39, 0.29) is 18.2 Å². The molecule has 0 radical (unpaired) electrons. The molecule has 0 aliphatic carbocycles. The molecule has 0 saturated heterocycles. The maximum Gasteiger partial charge on any atom is 0.123 e. The van der Waals surface area contributed by atoms with Crippen LogP contribution in [0.25, 0.3) is 10.9 Å². The Kier molecular flexibility index (Phi) is 2.67. The smallest absolute Gasteiger partial charge is 0.123 e. The van der Waals surface area contributed by atoms with Crippen LogP contribution in [0.5, 0.6) is 0 Å². The molecular weight excluding hydrogens is 215 g/mol. The van der Waals surface area contributed by atoms with Gasteiger partial charge >= 0.3 is 0 Å². The first kappa shape index (κ1) is 10.5. The quantitative estimate of drug-likeness (QED) is 0.709. The summed E-state index contributed by atoms with van der Waals surface area (Å²) >= 11 is 0. The van der Waals surface area contributed by atoms with Gasteiger partial charge in [0.15, 0.2) is 0 Å². The molecule has 0 amide bonds. The highest BCUT2D eigenvalue weighted by Crippen LogP contribution is 2.25. The van der Waals surface area contributed by atoms with Crippen molar-refractivity contribution in [2.45, 2.75) is 13.0 Å². The van der Waals surface area contributed by atoms with Gasteiger partial charge in [-0.3, -0.25) is 0 Å². The van der Waals surface area contributed by atoms with Gasteiger partial charge in [-0.15, -0.1) is 12.4 Å². The third kappa shape index (κ3) is 1.62. The lowest BCUT2D eigenvalue weighted by Gasteiger charge is -2.12. The Balaban J connectivity index is 0.000000853. The topological polar surface area (TPSA) is 27.8 Å². The van der Waals surface area contributed by atoms with Gasteiger partial charge in [0, 0.05) is 36.1 Å². The lowest BCUT2D eigenvalue weighted by atomic mass is 10.1. The number of aromatic amines is 1. The normalized spacial score (nSPS) is 14.7. The third-order valence-electron chi connectivity index (χ3n) is 2.81. The van der Waals surface area contributed by atoms with Gasteiger partial charge in [0.05, 0.1) is 0 Å². The van der Waals surface area contributed by atoms with Crippen molar-refractivity contribution in [3.63, 3.8) is 0 Å². The first-order valence-corrected chi connectivity index (χ1v) is 4.84. The van der Waals surface area contributed by atoms with Crippen molar-refractivity contribution in [3.05, 3.63) is 35.3 Å². The number of nitrogens with one attached hydrogen (secondary N) is 2. The fourth-order valence-electron chi connectivity index (χ4n) is 2.12. The van der Waals surface area contributed by atoms with Gasteiger partial charge in [-0.1, -0.05) is 0 Å². The summed E-state index contributed by atoms with van der Waals surface area (Å²) in [5.41, 5.74) is 3.52. The van der Waals surface area contributed by atoms with Crippen LogP contribution in [-0.4, -0.2) is 11.5 Å². The fraction of sp³-hybridized carbons (Fsp3) is 0.273. The Morgan fingerprint density at radius 1 is 1.27 bits per heavy atom. The Hall–Kier alpha value is -1.06. The molecule has 0 unspecified atom stereocenters. The van der Waals surface area contributed by atoms with Crippen molar-refractivity contribution in [1.29, 1.82) is 0 Å². The molecule has 1 aromatic carbocycles. The van der Waals surface area contributed by atoms with E-state index in [0.717, 1.165) is 30.4 Å². The van der Waals surface area contributed by atoms with Crippen molar-refractivity contribution in [2.24, 2.45) is 0 Å². The second-order valence-corrected chi connectivity index (χ2v) is 3.70. The Morgan fingerprint density at radius 3 is 3.00 bits per heavy atom. The highest BCUT2D eigenvalue weighted by Gasteiger charge is 2.14. The SMILES string of the molecule is Cl.Fc1ccc2[nH]c3c(c2c1)CNCC3. The zero-order chi connectivity index (χ0) is 9.54. The number of halogens is 2. The van der Waals surface area contributed by atoms with Gasteiger partial charge in [-0.05, 0) is 23.8 Å². The monoisotopic (exact) mass is 226 g/mol. The predicted octanol–water partition coefficient (Wildman–Crippen LogP) is 2.37. The summed E-state index contributed by atoms with van der Waals surface area (Å²) in [6.45, 7) is 1.85. The standard InChI is InChI=1S/C11H11FN2.ClH/c12-7-1-2-10-8(5-7)9-6-13-4-3-11(9)14-10;/h1-2,5,13-14H,3-4,6H2;1H. The van der Waals surface area contributed by atoms with E-state index in [9.17, 15) is 4.39 Å². The molecule has 1 aliphatic rings. The molecule has 3 rings (SSSR count). The third-order valence-corrected chi connectivity index (χ3v) is 2.81.